The van der Waals surface area contributed by atoms with Crippen molar-refractivity contribution in [3.05, 3.63) is 35.9 Å². The van der Waals surface area contributed by atoms with E-state index in [-0.39, 0.29) is 5.69 Å². The lowest BCUT2D eigenvalue weighted by atomic mass is 10.4. The zero-order chi connectivity index (χ0) is 12.3. The molecular weight excluding hydrogens is 240 g/mol. The van der Waals surface area contributed by atoms with E-state index in [9.17, 15) is 4.79 Å². The molecular formula is C10H8N4O2S. The van der Waals surface area contributed by atoms with Crippen molar-refractivity contribution < 1.29 is 9.90 Å². The van der Waals surface area contributed by atoms with Crippen molar-refractivity contribution in [1.29, 1.82) is 0 Å². The SMILES string of the molecule is Cc1ccnc(Sc2nccc(C(=O)O)n2)n1. The lowest BCUT2D eigenvalue weighted by Gasteiger charge is -2.00. The third-order valence-corrected chi connectivity index (χ3v) is 2.57. The average molecular weight is 248 g/mol. The number of hydrogen-bond acceptors (Lipinski definition) is 6. The van der Waals surface area contributed by atoms with Crippen molar-refractivity contribution in [2.45, 2.75) is 17.2 Å². The number of rotatable bonds is 3. The maximum Gasteiger partial charge on any atom is 0.354 e. The Kier molecular flexibility index (Phi) is 3.29. The van der Waals surface area contributed by atoms with Gasteiger partial charge in [0.1, 0.15) is 0 Å². The summed E-state index contributed by atoms with van der Waals surface area (Å²) in [7, 11) is 0. The van der Waals surface area contributed by atoms with Crippen LogP contribution in [-0.4, -0.2) is 31.0 Å². The van der Waals surface area contributed by atoms with Gasteiger partial charge in [-0.05, 0) is 30.8 Å². The van der Waals surface area contributed by atoms with Crippen molar-refractivity contribution in [1.82, 2.24) is 19.9 Å². The molecule has 7 heteroatoms. The largest absolute Gasteiger partial charge is 0.477 e. The van der Waals surface area contributed by atoms with Gasteiger partial charge in [0.15, 0.2) is 16.0 Å². The molecule has 0 spiro atoms. The van der Waals surface area contributed by atoms with E-state index in [1.54, 1.807) is 12.3 Å². The highest BCUT2D eigenvalue weighted by Crippen LogP contribution is 2.20. The fraction of sp³-hybridized carbons (Fsp3) is 0.100. The van der Waals surface area contributed by atoms with Crippen LogP contribution in [-0.2, 0) is 0 Å². The Morgan fingerprint density at radius 1 is 1.18 bits per heavy atom. The second kappa shape index (κ2) is 4.88. The Bertz CT molecular complexity index is 562. The van der Waals surface area contributed by atoms with Gasteiger partial charge in [0.25, 0.3) is 0 Å². The van der Waals surface area contributed by atoms with Gasteiger partial charge in [-0.15, -0.1) is 0 Å². The highest BCUT2D eigenvalue weighted by atomic mass is 32.2. The number of carbonyl (C=O) groups is 1. The van der Waals surface area contributed by atoms with Crippen LogP contribution >= 0.6 is 11.8 Å². The first-order chi connectivity index (χ1) is 8.15. The number of nitrogens with zero attached hydrogens (tertiary/aromatic N) is 4. The van der Waals surface area contributed by atoms with Crippen LogP contribution in [0, 0.1) is 6.92 Å². The van der Waals surface area contributed by atoms with E-state index in [1.165, 1.54) is 12.3 Å². The van der Waals surface area contributed by atoms with E-state index in [1.807, 2.05) is 6.92 Å². The van der Waals surface area contributed by atoms with Crippen LogP contribution < -0.4 is 0 Å². The van der Waals surface area contributed by atoms with Gasteiger partial charge >= 0.3 is 5.97 Å². The molecule has 2 rings (SSSR count). The van der Waals surface area contributed by atoms with E-state index in [4.69, 9.17) is 5.11 Å². The van der Waals surface area contributed by atoms with E-state index < -0.39 is 5.97 Å². The Labute approximate surface area is 101 Å². The Morgan fingerprint density at radius 3 is 2.47 bits per heavy atom. The van der Waals surface area contributed by atoms with Crippen molar-refractivity contribution >= 4 is 17.7 Å². The minimum atomic E-state index is -1.08. The summed E-state index contributed by atoms with van der Waals surface area (Å²) in [6.07, 6.45) is 3.03. The van der Waals surface area contributed by atoms with Crippen LogP contribution in [0.4, 0.5) is 0 Å². The summed E-state index contributed by atoms with van der Waals surface area (Å²) in [5.74, 6) is -1.08. The van der Waals surface area contributed by atoms with Gasteiger partial charge in [-0.3, -0.25) is 0 Å². The quantitative estimate of drug-likeness (QED) is 0.821. The molecule has 0 bridgehead atoms. The Morgan fingerprint density at radius 2 is 1.82 bits per heavy atom. The van der Waals surface area contributed by atoms with Gasteiger partial charge < -0.3 is 5.11 Å². The van der Waals surface area contributed by atoms with Crippen LogP contribution in [0.5, 0.6) is 0 Å². The second-order valence-corrected chi connectivity index (χ2v) is 4.05. The molecule has 0 aliphatic rings. The Hall–Kier alpha value is -2.02. The summed E-state index contributed by atoms with van der Waals surface area (Å²) in [5.41, 5.74) is 0.784. The van der Waals surface area contributed by atoms with Gasteiger partial charge in [-0.2, -0.15) is 0 Å². The fourth-order valence-electron chi connectivity index (χ4n) is 1.07. The first-order valence-electron chi connectivity index (χ1n) is 4.69. The maximum absolute atomic E-state index is 10.7. The predicted molar refractivity (Wildman–Crippen MR) is 59.9 cm³/mol. The second-order valence-electron chi connectivity index (χ2n) is 3.11. The smallest absolute Gasteiger partial charge is 0.354 e. The summed E-state index contributed by atoms with van der Waals surface area (Å²) in [6, 6.07) is 3.11. The number of aromatic carboxylic acids is 1. The molecule has 2 aromatic rings. The van der Waals surface area contributed by atoms with Crippen molar-refractivity contribution in [2.24, 2.45) is 0 Å². The molecule has 0 aliphatic carbocycles. The molecule has 0 atom stereocenters. The standard InChI is InChI=1S/C10H8N4O2S/c1-6-2-4-11-9(13-6)17-10-12-5-3-7(14-10)8(15)16/h2-5H,1H3,(H,15,16). The number of carboxylic acid groups (broad SMARTS) is 1. The molecule has 0 saturated heterocycles. The molecule has 0 unspecified atom stereocenters. The zero-order valence-corrected chi connectivity index (χ0v) is 9.68. The van der Waals surface area contributed by atoms with Gasteiger partial charge in [-0.25, -0.2) is 24.7 Å². The monoisotopic (exact) mass is 248 g/mol. The average Bonchev–Trinajstić information content (AvgIpc) is 2.29. The first-order valence-corrected chi connectivity index (χ1v) is 5.50. The van der Waals surface area contributed by atoms with E-state index in [0.717, 1.165) is 17.5 Å². The predicted octanol–water partition coefficient (Wildman–Crippen LogP) is 1.42. The summed E-state index contributed by atoms with van der Waals surface area (Å²) in [5, 5.41) is 9.60. The van der Waals surface area contributed by atoms with E-state index in [0.29, 0.717) is 10.3 Å². The summed E-state index contributed by atoms with van der Waals surface area (Å²) in [6.45, 7) is 1.85. The molecule has 0 fully saturated rings. The van der Waals surface area contributed by atoms with Crippen LogP contribution in [0.1, 0.15) is 16.2 Å². The van der Waals surface area contributed by atoms with Crippen LogP contribution in [0.25, 0.3) is 0 Å². The van der Waals surface area contributed by atoms with Gasteiger partial charge in [0.2, 0.25) is 0 Å². The van der Waals surface area contributed by atoms with E-state index in [2.05, 4.69) is 19.9 Å². The molecule has 2 heterocycles. The third kappa shape index (κ3) is 2.97. The van der Waals surface area contributed by atoms with Crippen LogP contribution in [0.2, 0.25) is 0 Å². The molecule has 6 nitrogen and oxygen atoms in total. The molecule has 1 N–H and O–H groups in total. The first kappa shape index (κ1) is 11.5. The zero-order valence-electron chi connectivity index (χ0n) is 8.86. The van der Waals surface area contributed by atoms with Crippen molar-refractivity contribution in [2.75, 3.05) is 0 Å². The Balaban J connectivity index is 2.24. The highest BCUT2D eigenvalue weighted by Gasteiger charge is 2.08. The molecule has 2 aromatic heterocycles. The molecule has 0 amide bonds. The van der Waals surface area contributed by atoms with Gasteiger partial charge in [0.05, 0.1) is 0 Å². The minimum Gasteiger partial charge on any atom is -0.477 e. The third-order valence-electron chi connectivity index (χ3n) is 1.81. The summed E-state index contributed by atoms with van der Waals surface area (Å²) >= 11 is 1.13. The number of aryl methyl sites for hydroxylation is 1. The molecule has 0 saturated carbocycles. The molecule has 0 aromatic carbocycles. The number of aromatic nitrogens is 4. The number of hydrogen-bond donors (Lipinski definition) is 1. The lowest BCUT2D eigenvalue weighted by Crippen LogP contribution is -2.02. The van der Waals surface area contributed by atoms with Crippen LogP contribution in [0.3, 0.4) is 0 Å². The van der Waals surface area contributed by atoms with Gasteiger partial charge in [-0.1, -0.05) is 0 Å². The topological polar surface area (TPSA) is 88.9 Å². The molecule has 86 valence electrons. The molecule has 17 heavy (non-hydrogen) atoms. The molecule has 0 radical (unpaired) electrons. The fourth-order valence-corrected chi connectivity index (χ4v) is 1.79. The molecule has 0 aliphatic heterocycles. The van der Waals surface area contributed by atoms with E-state index >= 15 is 0 Å². The maximum atomic E-state index is 10.7. The summed E-state index contributed by atoms with van der Waals surface area (Å²) < 4.78 is 0. The number of carboxylic acids is 1. The minimum absolute atomic E-state index is 0.0462. The normalized spacial score (nSPS) is 10.2. The highest BCUT2D eigenvalue weighted by molar-refractivity contribution is 7.99. The van der Waals surface area contributed by atoms with Crippen molar-refractivity contribution in [3.8, 4) is 0 Å². The van der Waals surface area contributed by atoms with Crippen LogP contribution in [0.15, 0.2) is 34.8 Å². The van der Waals surface area contributed by atoms with Crippen molar-refractivity contribution in [3.63, 3.8) is 0 Å². The summed E-state index contributed by atoms with van der Waals surface area (Å²) in [4.78, 5) is 26.8. The van der Waals surface area contributed by atoms with Gasteiger partial charge in [0, 0.05) is 18.1 Å². The lowest BCUT2D eigenvalue weighted by molar-refractivity contribution is 0.0689.